The van der Waals surface area contributed by atoms with Crippen LogP contribution >= 0.6 is 23.2 Å². The highest BCUT2D eigenvalue weighted by Gasteiger charge is 2.45. The van der Waals surface area contributed by atoms with Crippen molar-refractivity contribution in [2.75, 3.05) is 33.0 Å². The second-order valence-corrected chi connectivity index (χ2v) is 8.42. The van der Waals surface area contributed by atoms with Crippen LogP contribution in [0, 0.1) is 0 Å². The third-order valence-corrected chi connectivity index (χ3v) is 6.43. The quantitative estimate of drug-likeness (QED) is 0.653. The number of hydrogen-bond acceptors (Lipinski definition) is 4. The van der Waals surface area contributed by atoms with E-state index in [1.165, 1.54) is 0 Å². The van der Waals surface area contributed by atoms with Crippen molar-refractivity contribution in [1.29, 1.82) is 0 Å². The van der Waals surface area contributed by atoms with Crippen molar-refractivity contribution < 1.29 is 19.0 Å². The first kappa shape index (κ1) is 21.3. The molecule has 1 fully saturated rings. The maximum Gasteiger partial charge on any atom is 0.233 e. The Kier molecular flexibility index (Phi) is 6.42. The Morgan fingerprint density at radius 3 is 2.57 bits per heavy atom. The van der Waals surface area contributed by atoms with Crippen molar-refractivity contribution >= 4 is 29.1 Å². The normalized spacial score (nSPS) is 17.4. The minimum absolute atomic E-state index is 0.0480. The maximum absolute atomic E-state index is 14.0. The van der Waals surface area contributed by atoms with Crippen LogP contribution in [0.3, 0.4) is 0 Å². The number of fused-ring (bicyclic) bond motifs is 1. The lowest BCUT2D eigenvalue weighted by Gasteiger charge is -2.40. The average Bonchev–Trinajstić information content (AvgIpc) is 2.77. The molecule has 0 aliphatic carbocycles. The van der Waals surface area contributed by atoms with E-state index in [4.69, 9.17) is 37.4 Å². The van der Waals surface area contributed by atoms with E-state index in [1.54, 1.807) is 12.1 Å². The lowest BCUT2D eigenvalue weighted by atomic mass is 9.72. The fraction of sp³-hybridized carbons (Fsp3) is 0.435. The number of likely N-dealkylation sites (N-methyl/N-ethyl adjacent to an activating group) is 1. The van der Waals surface area contributed by atoms with Gasteiger partial charge in [-0.15, -0.1) is 0 Å². The number of rotatable bonds is 5. The summed E-state index contributed by atoms with van der Waals surface area (Å²) in [6, 6.07) is 11.2. The zero-order valence-corrected chi connectivity index (χ0v) is 18.5. The second-order valence-electron chi connectivity index (χ2n) is 7.58. The molecule has 0 N–H and O–H groups in total. The van der Waals surface area contributed by atoms with Crippen LogP contribution in [-0.2, 0) is 21.5 Å². The van der Waals surface area contributed by atoms with E-state index >= 15 is 0 Å². The summed E-state index contributed by atoms with van der Waals surface area (Å²) in [5, 5.41) is 1.07. The largest absolute Gasteiger partial charge is 0.486 e. The molecule has 2 aromatic carbocycles. The number of hydrogen-bond donors (Lipinski definition) is 0. The van der Waals surface area contributed by atoms with Crippen molar-refractivity contribution in [3.63, 3.8) is 0 Å². The van der Waals surface area contributed by atoms with E-state index in [0.717, 1.165) is 22.6 Å². The lowest BCUT2D eigenvalue weighted by Crippen LogP contribution is -2.49. The van der Waals surface area contributed by atoms with Gasteiger partial charge in [0.1, 0.15) is 13.2 Å². The third-order valence-electron chi connectivity index (χ3n) is 5.88. The maximum atomic E-state index is 14.0. The molecule has 7 heteroatoms. The van der Waals surface area contributed by atoms with Gasteiger partial charge in [-0.25, -0.2) is 0 Å². The number of halogens is 2. The molecule has 160 valence electrons. The molecule has 1 saturated heterocycles. The number of ether oxygens (including phenoxy) is 3. The van der Waals surface area contributed by atoms with E-state index in [1.807, 2.05) is 36.1 Å². The zero-order chi connectivity index (χ0) is 21.1. The van der Waals surface area contributed by atoms with Crippen LogP contribution in [0.25, 0.3) is 0 Å². The van der Waals surface area contributed by atoms with Gasteiger partial charge >= 0.3 is 0 Å². The monoisotopic (exact) mass is 449 g/mol. The minimum Gasteiger partial charge on any atom is -0.486 e. The van der Waals surface area contributed by atoms with Gasteiger partial charge in [0.05, 0.1) is 5.41 Å². The lowest BCUT2D eigenvalue weighted by molar-refractivity contribution is -0.141. The standard InChI is InChI=1S/C23H25Cl2NO4/c1-2-26(15-16-4-3-5-20-21(16)30-13-12-29-20)22(27)23(8-10-28-11-9-23)18-7-6-17(24)14-19(18)25/h3-7,14H,2,8-13,15H2,1H3. The van der Waals surface area contributed by atoms with Gasteiger partial charge in [-0.1, -0.05) is 41.4 Å². The van der Waals surface area contributed by atoms with Gasteiger partial charge in [0.15, 0.2) is 11.5 Å². The Bertz CT molecular complexity index is 927. The number of carbonyl (C=O) groups is 1. The summed E-state index contributed by atoms with van der Waals surface area (Å²) in [6.45, 7) is 5.06. The molecule has 2 aliphatic heterocycles. The van der Waals surface area contributed by atoms with Crippen molar-refractivity contribution in [3.05, 3.63) is 57.6 Å². The SMILES string of the molecule is CCN(Cc1cccc2c1OCCO2)C(=O)C1(c2ccc(Cl)cc2Cl)CCOCC1. The van der Waals surface area contributed by atoms with Crippen LogP contribution in [0.2, 0.25) is 10.0 Å². The second kappa shape index (κ2) is 9.04. The molecule has 0 atom stereocenters. The van der Waals surface area contributed by atoms with Crippen LogP contribution in [0.15, 0.2) is 36.4 Å². The highest BCUT2D eigenvalue weighted by molar-refractivity contribution is 6.35. The number of carbonyl (C=O) groups excluding carboxylic acids is 1. The summed E-state index contributed by atoms with van der Waals surface area (Å²) in [4.78, 5) is 15.8. The summed E-state index contributed by atoms with van der Waals surface area (Å²) >= 11 is 12.7. The van der Waals surface area contributed by atoms with Gasteiger partial charge in [-0.2, -0.15) is 0 Å². The molecule has 0 aromatic heterocycles. The van der Waals surface area contributed by atoms with Crippen LogP contribution in [-0.4, -0.2) is 43.8 Å². The number of nitrogens with zero attached hydrogens (tertiary/aromatic N) is 1. The van der Waals surface area contributed by atoms with Crippen molar-refractivity contribution in [1.82, 2.24) is 4.90 Å². The summed E-state index contributed by atoms with van der Waals surface area (Å²) in [5.74, 6) is 1.50. The van der Waals surface area contributed by atoms with Crippen LogP contribution in [0.5, 0.6) is 11.5 Å². The van der Waals surface area contributed by atoms with Gasteiger partial charge in [-0.3, -0.25) is 4.79 Å². The number of para-hydroxylation sites is 1. The van der Waals surface area contributed by atoms with Crippen molar-refractivity contribution in [2.24, 2.45) is 0 Å². The summed E-state index contributed by atoms with van der Waals surface area (Å²) < 4.78 is 17.1. The molecule has 0 bridgehead atoms. The first-order chi connectivity index (χ1) is 14.5. The topological polar surface area (TPSA) is 48.0 Å². The molecule has 5 nitrogen and oxygen atoms in total. The van der Waals surface area contributed by atoms with Gasteiger partial charge in [0.25, 0.3) is 0 Å². The van der Waals surface area contributed by atoms with Gasteiger partial charge in [0, 0.05) is 41.9 Å². The molecular weight excluding hydrogens is 425 g/mol. The first-order valence-corrected chi connectivity index (χ1v) is 11.0. The van der Waals surface area contributed by atoms with E-state index in [-0.39, 0.29) is 5.91 Å². The van der Waals surface area contributed by atoms with Crippen LogP contribution in [0.4, 0.5) is 0 Å². The molecule has 1 amide bonds. The van der Waals surface area contributed by atoms with Gasteiger partial charge < -0.3 is 19.1 Å². The Morgan fingerprint density at radius 2 is 1.83 bits per heavy atom. The molecule has 0 radical (unpaired) electrons. The van der Waals surface area contributed by atoms with Gasteiger partial charge in [-0.05, 0) is 43.5 Å². The third kappa shape index (κ3) is 3.98. The smallest absolute Gasteiger partial charge is 0.233 e. The summed E-state index contributed by atoms with van der Waals surface area (Å²) in [7, 11) is 0. The van der Waals surface area contributed by atoms with E-state index in [0.29, 0.717) is 62.4 Å². The Labute approximate surface area is 186 Å². The molecule has 4 rings (SSSR count). The highest BCUT2D eigenvalue weighted by Crippen LogP contribution is 2.42. The van der Waals surface area contributed by atoms with Crippen LogP contribution in [0.1, 0.15) is 30.9 Å². The molecule has 0 spiro atoms. The molecule has 0 unspecified atom stereocenters. The van der Waals surface area contributed by atoms with Gasteiger partial charge in [0.2, 0.25) is 5.91 Å². The van der Waals surface area contributed by atoms with Crippen molar-refractivity contribution in [3.8, 4) is 11.5 Å². The van der Waals surface area contributed by atoms with E-state index < -0.39 is 5.41 Å². The zero-order valence-electron chi connectivity index (χ0n) is 17.0. The molecule has 0 saturated carbocycles. The highest BCUT2D eigenvalue weighted by atomic mass is 35.5. The Balaban J connectivity index is 1.68. The number of benzene rings is 2. The number of amides is 1. The van der Waals surface area contributed by atoms with Crippen LogP contribution < -0.4 is 9.47 Å². The molecule has 2 aromatic rings. The van der Waals surface area contributed by atoms with E-state index in [2.05, 4.69) is 0 Å². The predicted octanol–water partition coefficient (Wildman–Crippen LogP) is 4.86. The molecular formula is C23H25Cl2NO4. The predicted molar refractivity (Wildman–Crippen MR) is 117 cm³/mol. The fourth-order valence-corrected chi connectivity index (χ4v) is 4.88. The Morgan fingerprint density at radius 1 is 1.07 bits per heavy atom. The molecule has 2 aliphatic rings. The molecule has 30 heavy (non-hydrogen) atoms. The first-order valence-electron chi connectivity index (χ1n) is 10.3. The molecule has 2 heterocycles. The van der Waals surface area contributed by atoms with E-state index in [9.17, 15) is 4.79 Å². The summed E-state index contributed by atoms with van der Waals surface area (Å²) in [6.07, 6.45) is 1.16. The average molecular weight is 450 g/mol. The fourth-order valence-electron chi connectivity index (χ4n) is 4.29. The summed E-state index contributed by atoms with van der Waals surface area (Å²) in [5.41, 5.74) is 1.02. The van der Waals surface area contributed by atoms with Crippen molar-refractivity contribution in [2.45, 2.75) is 31.7 Å². The minimum atomic E-state index is -0.734. The Hall–Kier alpha value is -1.95.